The second kappa shape index (κ2) is 6.15. The molecule has 0 aromatic carbocycles. The normalized spacial score (nSPS) is 10.2. The monoisotopic (exact) mass is 250 g/mol. The second-order valence-electron chi connectivity index (χ2n) is 3.28. The fraction of sp³-hybridized carbons (Fsp3) is 0.364. The van der Waals surface area contributed by atoms with Crippen LogP contribution in [0, 0.1) is 0 Å². The fourth-order valence-corrected chi connectivity index (χ4v) is 1.96. The van der Waals surface area contributed by atoms with Gasteiger partial charge in [-0.3, -0.25) is 0 Å². The van der Waals surface area contributed by atoms with Gasteiger partial charge in [-0.05, 0) is 6.92 Å². The smallest absolute Gasteiger partial charge is 0.218 e. The molecule has 1 N–H and O–H groups in total. The van der Waals surface area contributed by atoms with Crippen LogP contribution >= 0.6 is 11.3 Å². The number of rotatable bonds is 6. The van der Waals surface area contributed by atoms with E-state index in [4.69, 9.17) is 4.74 Å². The first kappa shape index (κ1) is 11.8. The number of ether oxygens (including phenoxy) is 1. The first-order valence-corrected chi connectivity index (χ1v) is 6.33. The lowest BCUT2D eigenvalue weighted by atomic mass is 10.4. The van der Waals surface area contributed by atoms with E-state index in [9.17, 15) is 0 Å². The van der Waals surface area contributed by atoms with Gasteiger partial charge >= 0.3 is 0 Å². The molecule has 17 heavy (non-hydrogen) atoms. The molecule has 0 aliphatic heterocycles. The summed E-state index contributed by atoms with van der Waals surface area (Å²) in [4.78, 5) is 12.3. The Kier molecular flexibility index (Phi) is 4.26. The van der Waals surface area contributed by atoms with Crippen LogP contribution in [0.5, 0.6) is 5.88 Å². The molecular formula is C11H14N4OS. The lowest BCUT2D eigenvalue weighted by Crippen LogP contribution is -2.06. The van der Waals surface area contributed by atoms with Crippen molar-refractivity contribution in [2.75, 3.05) is 18.5 Å². The summed E-state index contributed by atoms with van der Waals surface area (Å²) in [5, 5.41) is 6.32. The molecule has 0 fully saturated rings. The molecule has 5 nitrogen and oxygen atoms in total. The minimum Gasteiger partial charge on any atom is -0.478 e. The minimum absolute atomic E-state index is 0.597. The van der Waals surface area contributed by atoms with E-state index in [1.807, 2.05) is 18.5 Å². The molecule has 0 amide bonds. The molecule has 0 aliphatic rings. The summed E-state index contributed by atoms with van der Waals surface area (Å²) in [5.41, 5.74) is 0. The highest BCUT2D eigenvalue weighted by Crippen LogP contribution is 2.11. The van der Waals surface area contributed by atoms with Crippen LogP contribution in [0.25, 0.3) is 0 Å². The number of aromatic nitrogens is 3. The highest BCUT2D eigenvalue weighted by Gasteiger charge is 1.99. The Hall–Kier alpha value is -1.69. The largest absolute Gasteiger partial charge is 0.478 e. The van der Waals surface area contributed by atoms with Crippen molar-refractivity contribution in [3.8, 4) is 5.88 Å². The zero-order valence-corrected chi connectivity index (χ0v) is 10.4. The second-order valence-corrected chi connectivity index (χ2v) is 4.26. The van der Waals surface area contributed by atoms with Gasteiger partial charge in [-0.15, -0.1) is 11.3 Å². The molecule has 0 radical (unpaired) electrons. The van der Waals surface area contributed by atoms with E-state index in [1.165, 1.54) is 6.33 Å². The van der Waals surface area contributed by atoms with E-state index in [1.54, 1.807) is 17.4 Å². The number of thiazole rings is 1. The third kappa shape index (κ3) is 3.67. The number of nitrogens with one attached hydrogen (secondary N) is 1. The molecule has 2 aromatic heterocycles. The van der Waals surface area contributed by atoms with Gasteiger partial charge in [-0.2, -0.15) is 0 Å². The summed E-state index contributed by atoms with van der Waals surface area (Å²) in [6.45, 7) is 3.34. The van der Waals surface area contributed by atoms with E-state index in [0.29, 0.717) is 12.5 Å². The Morgan fingerprint density at radius 2 is 2.29 bits per heavy atom. The predicted molar refractivity (Wildman–Crippen MR) is 67.5 cm³/mol. The SMILES string of the molecule is CCOc1cc(NCCc2nccs2)ncn1. The summed E-state index contributed by atoms with van der Waals surface area (Å²) < 4.78 is 5.30. The van der Waals surface area contributed by atoms with Gasteiger partial charge in [0.05, 0.1) is 11.6 Å². The number of anilines is 1. The molecule has 2 heterocycles. The molecule has 2 rings (SSSR count). The zero-order chi connectivity index (χ0) is 11.9. The van der Waals surface area contributed by atoms with Gasteiger partial charge in [0, 0.05) is 30.6 Å². The molecule has 0 atom stereocenters. The molecular weight excluding hydrogens is 236 g/mol. The van der Waals surface area contributed by atoms with E-state index >= 15 is 0 Å². The zero-order valence-electron chi connectivity index (χ0n) is 9.59. The molecule has 90 valence electrons. The van der Waals surface area contributed by atoms with Crippen molar-refractivity contribution in [3.05, 3.63) is 29.0 Å². The molecule has 0 spiro atoms. The standard InChI is InChI=1S/C11H14N4OS/c1-2-16-10-7-9(14-8-15-10)12-4-3-11-13-5-6-17-11/h5-8H,2-4H2,1H3,(H,12,14,15). The Morgan fingerprint density at radius 3 is 3.06 bits per heavy atom. The van der Waals surface area contributed by atoms with E-state index in [2.05, 4.69) is 20.3 Å². The average Bonchev–Trinajstić information content (AvgIpc) is 2.83. The summed E-state index contributed by atoms with van der Waals surface area (Å²) in [6.07, 6.45) is 4.21. The Labute approximate surface area is 104 Å². The van der Waals surface area contributed by atoms with Crippen molar-refractivity contribution in [2.45, 2.75) is 13.3 Å². The van der Waals surface area contributed by atoms with Crippen LogP contribution in [0.15, 0.2) is 24.0 Å². The van der Waals surface area contributed by atoms with Crippen LogP contribution in [0.2, 0.25) is 0 Å². The predicted octanol–water partition coefficient (Wildman–Crippen LogP) is 1.99. The summed E-state index contributed by atoms with van der Waals surface area (Å²) >= 11 is 1.66. The Morgan fingerprint density at radius 1 is 1.35 bits per heavy atom. The van der Waals surface area contributed by atoms with Crippen molar-refractivity contribution < 1.29 is 4.74 Å². The van der Waals surface area contributed by atoms with E-state index in [-0.39, 0.29) is 0 Å². The average molecular weight is 250 g/mol. The molecule has 0 saturated carbocycles. The molecule has 6 heteroatoms. The first-order valence-electron chi connectivity index (χ1n) is 5.45. The maximum absolute atomic E-state index is 5.30. The van der Waals surface area contributed by atoms with Crippen molar-refractivity contribution in [1.29, 1.82) is 0 Å². The van der Waals surface area contributed by atoms with Gasteiger partial charge < -0.3 is 10.1 Å². The number of nitrogens with zero attached hydrogens (tertiary/aromatic N) is 3. The molecule has 0 unspecified atom stereocenters. The maximum Gasteiger partial charge on any atom is 0.218 e. The van der Waals surface area contributed by atoms with Crippen molar-refractivity contribution >= 4 is 17.2 Å². The van der Waals surface area contributed by atoms with Crippen LogP contribution in [0.3, 0.4) is 0 Å². The van der Waals surface area contributed by atoms with Gasteiger partial charge in [-0.25, -0.2) is 15.0 Å². The van der Waals surface area contributed by atoms with E-state index < -0.39 is 0 Å². The third-order valence-corrected chi connectivity index (χ3v) is 2.90. The quantitative estimate of drug-likeness (QED) is 0.849. The number of hydrogen-bond donors (Lipinski definition) is 1. The summed E-state index contributed by atoms with van der Waals surface area (Å²) in [6, 6.07) is 1.80. The first-order chi connectivity index (χ1) is 8.38. The van der Waals surface area contributed by atoms with E-state index in [0.717, 1.165) is 23.8 Å². The molecule has 0 saturated heterocycles. The summed E-state index contributed by atoms with van der Waals surface area (Å²) in [5.74, 6) is 1.37. The van der Waals surface area contributed by atoms with Gasteiger partial charge in [0.15, 0.2) is 0 Å². The van der Waals surface area contributed by atoms with Crippen LogP contribution in [-0.4, -0.2) is 28.1 Å². The van der Waals surface area contributed by atoms with Crippen LogP contribution in [-0.2, 0) is 6.42 Å². The lowest BCUT2D eigenvalue weighted by molar-refractivity contribution is 0.326. The number of hydrogen-bond acceptors (Lipinski definition) is 6. The van der Waals surface area contributed by atoms with Gasteiger partial charge in [-0.1, -0.05) is 0 Å². The highest BCUT2D eigenvalue weighted by molar-refractivity contribution is 7.09. The van der Waals surface area contributed by atoms with Gasteiger partial charge in [0.1, 0.15) is 12.1 Å². The Balaban J connectivity index is 1.84. The van der Waals surface area contributed by atoms with Crippen LogP contribution in [0.1, 0.15) is 11.9 Å². The third-order valence-electron chi connectivity index (χ3n) is 2.06. The highest BCUT2D eigenvalue weighted by atomic mass is 32.1. The molecule has 2 aromatic rings. The minimum atomic E-state index is 0.597. The van der Waals surface area contributed by atoms with Crippen molar-refractivity contribution in [3.63, 3.8) is 0 Å². The van der Waals surface area contributed by atoms with Crippen LogP contribution in [0.4, 0.5) is 5.82 Å². The summed E-state index contributed by atoms with van der Waals surface area (Å²) in [7, 11) is 0. The van der Waals surface area contributed by atoms with Crippen molar-refractivity contribution in [1.82, 2.24) is 15.0 Å². The van der Waals surface area contributed by atoms with Crippen molar-refractivity contribution in [2.24, 2.45) is 0 Å². The Bertz CT molecular complexity index is 446. The van der Waals surface area contributed by atoms with Gasteiger partial charge in [0.2, 0.25) is 5.88 Å². The molecule has 0 bridgehead atoms. The van der Waals surface area contributed by atoms with Crippen LogP contribution < -0.4 is 10.1 Å². The molecule has 0 aliphatic carbocycles. The van der Waals surface area contributed by atoms with Gasteiger partial charge in [0.25, 0.3) is 0 Å². The fourth-order valence-electron chi connectivity index (χ4n) is 1.34. The maximum atomic E-state index is 5.30. The lowest BCUT2D eigenvalue weighted by Gasteiger charge is -2.06. The topological polar surface area (TPSA) is 59.9 Å².